The highest BCUT2D eigenvalue weighted by Crippen LogP contribution is 2.26. The molecule has 0 saturated heterocycles. The molecule has 1 unspecified atom stereocenters. The highest BCUT2D eigenvalue weighted by Gasteiger charge is 2.24. The third-order valence-electron chi connectivity index (χ3n) is 4.23. The van der Waals surface area contributed by atoms with Gasteiger partial charge in [0.25, 0.3) is 0 Å². The zero-order valence-corrected chi connectivity index (χ0v) is 13.3. The summed E-state index contributed by atoms with van der Waals surface area (Å²) < 4.78 is 0. The fourth-order valence-corrected chi connectivity index (χ4v) is 3.03. The van der Waals surface area contributed by atoms with Gasteiger partial charge in [0, 0.05) is 18.7 Å². The fourth-order valence-electron chi connectivity index (χ4n) is 3.03. The smallest absolute Gasteiger partial charge is 0.326 e. The van der Waals surface area contributed by atoms with Gasteiger partial charge in [0.05, 0.1) is 6.54 Å². The van der Waals surface area contributed by atoms with Gasteiger partial charge in [-0.05, 0) is 23.6 Å². The number of hydrogen-bond donors (Lipinski definition) is 2. The zero-order valence-electron chi connectivity index (χ0n) is 13.3. The lowest BCUT2D eigenvalue weighted by atomic mass is 10.1. The number of hydrogen-bond acceptors (Lipinski definition) is 3. The van der Waals surface area contributed by atoms with E-state index in [1.54, 1.807) is 0 Å². The maximum atomic E-state index is 12.3. The molecule has 2 aromatic rings. The zero-order chi connectivity index (χ0) is 16.9. The van der Waals surface area contributed by atoms with Gasteiger partial charge < -0.3 is 15.3 Å². The number of nitrogens with one attached hydrogen (secondary N) is 1. The Morgan fingerprint density at radius 2 is 1.79 bits per heavy atom. The Morgan fingerprint density at radius 1 is 1.08 bits per heavy atom. The molecule has 0 saturated carbocycles. The minimum Gasteiger partial charge on any atom is -0.480 e. The van der Waals surface area contributed by atoms with Crippen molar-refractivity contribution in [2.24, 2.45) is 0 Å². The minimum atomic E-state index is -1.02. The van der Waals surface area contributed by atoms with Crippen LogP contribution < -0.4 is 10.2 Å². The third-order valence-corrected chi connectivity index (χ3v) is 4.23. The first kappa shape index (κ1) is 16.1. The molecule has 0 radical (unpaired) electrons. The normalized spacial score (nSPS) is 14.1. The van der Waals surface area contributed by atoms with Crippen molar-refractivity contribution in [2.75, 3.05) is 18.0 Å². The van der Waals surface area contributed by atoms with Crippen LogP contribution in [0.1, 0.15) is 11.1 Å². The monoisotopic (exact) mass is 324 g/mol. The molecular weight excluding hydrogens is 304 g/mol. The molecule has 1 atom stereocenters. The lowest BCUT2D eigenvalue weighted by Gasteiger charge is -2.21. The summed E-state index contributed by atoms with van der Waals surface area (Å²) in [5, 5.41) is 12.0. The van der Waals surface area contributed by atoms with Crippen molar-refractivity contribution in [1.29, 1.82) is 0 Å². The number of fused-ring (bicyclic) bond motifs is 1. The predicted molar refractivity (Wildman–Crippen MR) is 92.1 cm³/mol. The average molecular weight is 324 g/mol. The second kappa shape index (κ2) is 7.17. The maximum absolute atomic E-state index is 12.3. The molecule has 1 heterocycles. The summed E-state index contributed by atoms with van der Waals surface area (Å²) >= 11 is 0. The van der Waals surface area contributed by atoms with Crippen LogP contribution in [0.5, 0.6) is 0 Å². The van der Waals surface area contributed by atoms with Crippen LogP contribution in [-0.4, -0.2) is 36.1 Å². The molecule has 24 heavy (non-hydrogen) atoms. The average Bonchev–Trinajstić information content (AvgIpc) is 2.98. The highest BCUT2D eigenvalue weighted by atomic mass is 16.4. The molecule has 2 aromatic carbocycles. The second-order valence-corrected chi connectivity index (χ2v) is 5.95. The number of rotatable bonds is 6. The van der Waals surface area contributed by atoms with E-state index in [-0.39, 0.29) is 18.9 Å². The summed E-state index contributed by atoms with van der Waals surface area (Å²) in [6.45, 7) is 0.957. The van der Waals surface area contributed by atoms with Crippen molar-refractivity contribution < 1.29 is 14.7 Å². The van der Waals surface area contributed by atoms with Gasteiger partial charge in [-0.3, -0.25) is 4.79 Å². The summed E-state index contributed by atoms with van der Waals surface area (Å²) in [6, 6.07) is 16.4. The number of carboxylic acids is 1. The molecule has 0 aromatic heterocycles. The van der Waals surface area contributed by atoms with E-state index in [9.17, 15) is 14.7 Å². The summed E-state index contributed by atoms with van der Waals surface area (Å²) in [7, 11) is 0. The molecule has 5 nitrogen and oxygen atoms in total. The van der Waals surface area contributed by atoms with Crippen LogP contribution in [0.25, 0.3) is 0 Å². The van der Waals surface area contributed by atoms with Crippen molar-refractivity contribution in [2.45, 2.75) is 18.9 Å². The maximum Gasteiger partial charge on any atom is 0.326 e. The van der Waals surface area contributed by atoms with Crippen molar-refractivity contribution in [3.8, 4) is 0 Å². The number of nitrogens with zero attached hydrogens (tertiary/aromatic N) is 1. The van der Waals surface area contributed by atoms with Gasteiger partial charge in [-0.2, -0.15) is 0 Å². The van der Waals surface area contributed by atoms with Crippen LogP contribution in [0.4, 0.5) is 5.69 Å². The number of carboxylic acid groups (broad SMARTS) is 1. The van der Waals surface area contributed by atoms with Crippen LogP contribution in [0, 0.1) is 0 Å². The first-order valence-corrected chi connectivity index (χ1v) is 8.02. The number of carbonyl (C=O) groups excluding carboxylic acids is 1. The van der Waals surface area contributed by atoms with E-state index >= 15 is 0 Å². The largest absolute Gasteiger partial charge is 0.480 e. The van der Waals surface area contributed by atoms with Gasteiger partial charge in [-0.15, -0.1) is 0 Å². The third kappa shape index (κ3) is 3.74. The van der Waals surface area contributed by atoms with Gasteiger partial charge >= 0.3 is 5.97 Å². The lowest BCUT2D eigenvalue weighted by molar-refractivity contribution is -0.141. The van der Waals surface area contributed by atoms with Crippen LogP contribution in [-0.2, 0) is 22.4 Å². The topological polar surface area (TPSA) is 69.6 Å². The minimum absolute atomic E-state index is 0.176. The Labute approximate surface area is 140 Å². The number of amides is 1. The number of anilines is 1. The molecule has 0 spiro atoms. The van der Waals surface area contributed by atoms with Gasteiger partial charge in [0.2, 0.25) is 5.91 Å². The number of para-hydroxylation sites is 1. The number of carbonyl (C=O) groups is 2. The summed E-state index contributed by atoms with van der Waals surface area (Å²) in [5.74, 6) is -1.29. The molecule has 1 amide bonds. The summed E-state index contributed by atoms with van der Waals surface area (Å²) in [6.07, 6.45) is 1.19. The lowest BCUT2D eigenvalue weighted by Crippen LogP contribution is -2.46. The van der Waals surface area contributed by atoms with E-state index in [1.807, 2.05) is 53.4 Å². The highest BCUT2D eigenvalue weighted by molar-refractivity contribution is 5.87. The van der Waals surface area contributed by atoms with E-state index in [0.717, 1.165) is 24.2 Å². The van der Waals surface area contributed by atoms with Crippen molar-refractivity contribution in [3.05, 3.63) is 65.7 Å². The Morgan fingerprint density at radius 3 is 2.54 bits per heavy atom. The molecule has 2 N–H and O–H groups in total. The number of benzene rings is 2. The van der Waals surface area contributed by atoms with Gasteiger partial charge in [-0.1, -0.05) is 48.5 Å². The van der Waals surface area contributed by atoms with E-state index in [2.05, 4.69) is 11.4 Å². The van der Waals surface area contributed by atoms with E-state index in [0.29, 0.717) is 0 Å². The van der Waals surface area contributed by atoms with E-state index < -0.39 is 12.0 Å². The van der Waals surface area contributed by atoms with Crippen LogP contribution in [0.3, 0.4) is 0 Å². The molecule has 0 aliphatic carbocycles. The quantitative estimate of drug-likeness (QED) is 0.851. The predicted octanol–water partition coefficient (Wildman–Crippen LogP) is 1.86. The molecule has 124 valence electrons. The SMILES string of the molecule is O=C(CN1CCc2ccccc21)NC(Cc1ccccc1)C(=O)O. The summed E-state index contributed by atoms with van der Waals surface area (Å²) in [5.41, 5.74) is 3.17. The van der Waals surface area contributed by atoms with Crippen molar-refractivity contribution in [3.63, 3.8) is 0 Å². The Kier molecular flexibility index (Phi) is 4.79. The van der Waals surface area contributed by atoms with Crippen molar-refractivity contribution >= 4 is 17.6 Å². The molecule has 0 bridgehead atoms. The summed E-state index contributed by atoms with van der Waals surface area (Å²) in [4.78, 5) is 25.7. The standard InChI is InChI=1S/C19H20N2O3/c22-18(13-21-11-10-15-8-4-5-9-17(15)21)20-16(19(23)24)12-14-6-2-1-3-7-14/h1-9,16H,10-13H2,(H,20,22)(H,23,24). The van der Waals surface area contributed by atoms with Gasteiger partial charge in [-0.25, -0.2) is 4.79 Å². The molecule has 1 aliphatic rings. The molecule has 5 heteroatoms. The van der Waals surface area contributed by atoms with Crippen LogP contribution in [0.2, 0.25) is 0 Å². The van der Waals surface area contributed by atoms with Gasteiger partial charge in [0.15, 0.2) is 0 Å². The molecule has 1 aliphatic heterocycles. The van der Waals surface area contributed by atoms with Crippen molar-refractivity contribution in [1.82, 2.24) is 5.32 Å². The number of aliphatic carboxylic acids is 1. The van der Waals surface area contributed by atoms with E-state index in [1.165, 1.54) is 5.56 Å². The fraction of sp³-hybridized carbons (Fsp3) is 0.263. The Hall–Kier alpha value is -2.82. The van der Waals surface area contributed by atoms with E-state index in [4.69, 9.17) is 0 Å². The molecule has 0 fully saturated rings. The first-order chi connectivity index (χ1) is 11.6. The van der Waals surface area contributed by atoms with Crippen LogP contribution in [0.15, 0.2) is 54.6 Å². The second-order valence-electron chi connectivity index (χ2n) is 5.95. The van der Waals surface area contributed by atoms with Gasteiger partial charge in [0.1, 0.15) is 6.04 Å². The molecule has 3 rings (SSSR count). The van der Waals surface area contributed by atoms with Crippen LogP contribution >= 0.6 is 0 Å². The Balaban J connectivity index is 1.61. The molecular formula is C19H20N2O3. The first-order valence-electron chi connectivity index (χ1n) is 8.02. The Bertz CT molecular complexity index is 730.